The van der Waals surface area contributed by atoms with E-state index in [0.29, 0.717) is 38.7 Å². The van der Waals surface area contributed by atoms with E-state index >= 15 is 0 Å². The Morgan fingerprint density at radius 1 is 1.07 bits per heavy atom. The molecule has 0 aliphatic rings. The Balaban J connectivity index is 2.06. The van der Waals surface area contributed by atoms with Crippen LogP contribution < -0.4 is 10.0 Å². The number of carbonyl (C=O) groups excluding carboxylic acids is 1. The van der Waals surface area contributed by atoms with Crippen LogP contribution in [0.3, 0.4) is 0 Å². The van der Waals surface area contributed by atoms with Gasteiger partial charge in [0, 0.05) is 11.9 Å². The van der Waals surface area contributed by atoms with Crippen LogP contribution in [0, 0.1) is 20.8 Å². The molecule has 3 rings (SSSR count). The van der Waals surface area contributed by atoms with Crippen molar-refractivity contribution in [2.45, 2.75) is 32.6 Å². The average molecular weight is 434 g/mol. The highest BCUT2D eigenvalue weighted by Crippen LogP contribution is 2.34. The van der Waals surface area contributed by atoms with E-state index in [-0.39, 0.29) is 16.7 Å². The fourth-order valence-electron chi connectivity index (χ4n) is 2.94. The second-order valence-corrected chi connectivity index (χ2v) is 8.79. The number of anilines is 2. The van der Waals surface area contributed by atoms with E-state index in [1.54, 1.807) is 51.1 Å². The molecule has 0 atom stereocenters. The summed E-state index contributed by atoms with van der Waals surface area (Å²) in [5.41, 5.74) is 3.34. The minimum absolute atomic E-state index is 0.110. The van der Waals surface area contributed by atoms with Gasteiger partial charge in [0.2, 0.25) is 11.8 Å². The van der Waals surface area contributed by atoms with E-state index in [1.807, 2.05) is 0 Å². The van der Waals surface area contributed by atoms with Crippen molar-refractivity contribution in [3.63, 3.8) is 0 Å². The number of amides is 1. The first-order chi connectivity index (χ1) is 13.6. The number of sulfonamides is 1. The molecule has 29 heavy (non-hydrogen) atoms. The number of carbonyl (C=O) groups is 1. The van der Waals surface area contributed by atoms with Crippen LogP contribution in [0.1, 0.15) is 23.7 Å². The molecule has 152 valence electrons. The number of hydrogen-bond acceptors (Lipinski definition) is 5. The Kier molecular flexibility index (Phi) is 5.68. The Labute approximate surface area is 174 Å². The lowest BCUT2D eigenvalue weighted by Gasteiger charge is -2.14. The lowest BCUT2D eigenvalue weighted by atomic mass is 10.0. The summed E-state index contributed by atoms with van der Waals surface area (Å²) in [4.78, 5) is 11.5. The first-order valence-electron chi connectivity index (χ1n) is 8.72. The predicted octanol–water partition coefficient (Wildman–Crippen LogP) is 4.68. The maximum Gasteiger partial charge on any atom is 0.262 e. The molecule has 0 radical (unpaired) electrons. The minimum atomic E-state index is -3.87. The SMILES string of the molecule is CC(=O)Nc1onc(C)c1-c1ccc(C)c(S(=O)(=O)Nc2ccc(Cl)cc2C)c1. The van der Waals surface area contributed by atoms with Crippen molar-refractivity contribution in [1.29, 1.82) is 0 Å². The van der Waals surface area contributed by atoms with Gasteiger partial charge in [-0.3, -0.25) is 14.8 Å². The number of aryl methyl sites for hydroxylation is 3. The van der Waals surface area contributed by atoms with E-state index in [9.17, 15) is 13.2 Å². The topological polar surface area (TPSA) is 101 Å². The molecule has 1 amide bonds. The quantitative estimate of drug-likeness (QED) is 0.608. The smallest absolute Gasteiger partial charge is 0.262 e. The van der Waals surface area contributed by atoms with Gasteiger partial charge >= 0.3 is 0 Å². The summed E-state index contributed by atoms with van der Waals surface area (Å²) >= 11 is 5.95. The summed E-state index contributed by atoms with van der Waals surface area (Å²) in [6, 6.07) is 9.91. The van der Waals surface area contributed by atoms with Crippen LogP contribution in [0.4, 0.5) is 11.6 Å². The zero-order valence-corrected chi connectivity index (χ0v) is 17.9. The van der Waals surface area contributed by atoms with Gasteiger partial charge in [0.1, 0.15) is 0 Å². The molecule has 0 spiro atoms. The lowest BCUT2D eigenvalue weighted by molar-refractivity contribution is -0.114. The summed E-state index contributed by atoms with van der Waals surface area (Å²) in [5, 5.41) is 6.98. The fourth-order valence-corrected chi connectivity index (χ4v) is 4.57. The predicted molar refractivity (Wildman–Crippen MR) is 113 cm³/mol. The third-order valence-corrected chi connectivity index (χ3v) is 6.09. The largest absolute Gasteiger partial charge is 0.337 e. The van der Waals surface area contributed by atoms with Crippen LogP contribution in [-0.2, 0) is 14.8 Å². The number of nitrogens with zero attached hydrogens (tertiary/aromatic N) is 1. The maximum atomic E-state index is 13.1. The molecule has 0 fully saturated rings. The molecular weight excluding hydrogens is 414 g/mol. The normalized spacial score (nSPS) is 11.3. The Bertz CT molecular complexity index is 1200. The van der Waals surface area contributed by atoms with Crippen LogP contribution in [-0.4, -0.2) is 19.5 Å². The first kappa shape index (κ1) is 20.9. The van der Waals surface area contributed by atoms with E-state index in [0.717, 1.165) is 0 Å². The van der Waals surface area contributed by atoms with Gasteiger partial charge in [-0.2, -0.15) is 0 Å². The van der Waals surface area contributed by atoms with Crippen LogP contribution in [0.5, 0.6) is 0 Å². The molecule has 0 saturated heterocycles. The van der Waals surface area contributed by atoms with Crippen LogP contribution in [0.25, 0.3) is 11.1 Å². The standard InChI is InChI=1S/C20H20ClN3O4S/c1-11-5-6-15(19-13(3)23-28-20(19)22-14(4)25)10-18(11)29(26,27)24-17-8-7-16(21)9-12(17)2/h5-10,24H,1-4H3,(H,22,25). The van der Waals surface area contributed by atoms with Gasteiger partial charge in [0.25, 0.3) is 10.0 Å². The molecular formula is C20H20ClN3O4S. The summed E-state index contributed by atoms with van der Waals surface area (Å²) in [5.74, 6) is -0.147. The number of aromatic nitrogens is 1. The lowest BCUT2D eigenvalue weighted by Crippen LogP contribution is -2.15. The molecule has 0 saturated carbocycles. The minimum Gasteiger partial charge on any atom is -0.337 e. The molecule has 9 heteroatoms. The summed E-state index contributed by atoms with van der Waals surface area (Å²) < 4.78 is 33.9. The Hall–Kier alpha value is -2.84. The van der Waals surface area contributed by atoms with E-state index in [2.05, 4.69) is 15.2 Å². The Morgan fingerprint density at radius 2 is 1.79 bits per heavy atom. The molecule has 1 heterocycles. The van der Waals surface area contributed by atoms with E-state index in [1.165, 1.54) is 13.0 Å². The highest BCUT2D eigenvalue weighted by atomic mass is 35.5. The first-order valence-corrected chi connectivity index (χ1v) is 10.6. The fraction of sp³-hybridized carbons (Fsp3) is 0.200. The molecule has 0 unspecified atom stereocenters. The molecule has 0 bridgehead atoms. The molecule has 0 aliphatic heterocycles. The molecule has 7 nitrogen and oxygen atoms in total. The van der Waals surface area contributed by atoms with Crippen LogP contribution in [0.2, 0.25) is 5.02 Å². The van der Waals surface area contributed by atoms with Gasteiger partial charge in [-0.1, -0.05) is 28.9 Å². The zero-order chi connectivity index (χ0) is 21.3. The third-order valence-electron chi connectivity index (χ3n) is 4.35. The van der Waals surface area contributed by atoms with Gasteiger partial charge in [0.05, 0.1) is 21.8 Å². The van der Waals surface area contributed by atoms with Gasteiger partial charge in [-0.15, -0.1) is 0 Å². The van der Waals surface area contributed by atoms with Crippen molar-refractivity contribution >= 4 is 39.1 Å². The highest BCUT2D eigenvalue weighted by Gasteiger charge is 2.22. The van der Waals surface area contributed by atoms with Crippen molar-refractivity contribution in [3.8, 4) is 11.1 Å². The van der Waals surface area contributed by atoms with Crippen LogP contribution in [0.15, 0.2) is 45.8 Å². The van der Waals surface area contributed by atoms with Crippen LogP contribution >= 0.6 is 11.6 Å². The van der Waals surface area contributed by atoms with Crippen molar-refractivity contribution in [1.82, 2.24) is 5.16 Å². The maximum absolute atomic E-state index is 13.1. The number of nitrogens with one attached hydrogen (secondary N) is 2. The van der Waals surface area contributed by atoms with Gasteiger partial charge in [-0.05, 0) is 61.7 Å². The van der Waals surface area contributed by atoms with Gasteiger partial charge in [-0.25, -0.2) is 8.42 Å². The summed E-state index contributed by atoms with van der Waals surface area (Å²) in [6.07, 6.45) is 0. The zero-order valence-electron chi connectivity index (χ0n) is 16.3. The number of halogens is 1. The van der Waals surface area contributed by atoms with E-state index in [4.69, 9.17) is 16.1 Å². The van der Waals surface area contributed by atoms with E-state index < -0.39 is 10.0 Å². The van der Waals surface area contributed by atoms with Crippen molar-refractivity contribution in [2.75, 3.05) is 10.0 Å². The molecule has 0 aliphatic carbocycles. The average Bonchev–Trinajstić information content (AvgIpc) is 2.97. The van der Waals surface area contributed by atoms with Gasteiger partial charge < -0.3 is 4.52 Å². The molecule has 2 N–H and O–H groups in total. The monoisotopic (exact) mass is 433 g/mol. The van der Waals surface area contributed by atoms with Gasteiger partial charge in [0.15, 0.2) is 0 Å². The second-order valence-electron chi connectivity index (χ2n) is 6.70. The molecule has 3 aromatic rings. The number of benzene rings is 2. The number of rotatable bonds is 5. The van der Waals surface area contributed by atoms with Crippen molar-refractivity contribution in [3.05, 3.63) is 58.2 Å². The summed E-state index contributed by atoms with van der Waals surface area (Å²) in [7, 11) is -3.87. The van der Waals surface area contributed by atoms with Crippen molar-refractivity contribution < 1.29 is 17.7 Å². The second kappa shape index (κ2) is 7.88. The molecule has 2 aromatic carbocycles. The number of hydrogen-bond donors (Lipinski definition) is 2. The Morgan fingerprint density at radius 3 is 2.45 bits per heavy atom. The highest BCUT2D eigenvalue weighted by molar-refractivity contribution is 7.92. The van der Waals surface area contributed by atoms with Crippen molar-refractivity contribution in [2.24, 2.45) is 0 Å². The summed E-state index contributed by atoms with van der Waals surface area (Å²) in [6.45, 7) is 6.55. The third kappa shape index (κ3) is 4.44. The molecule has 1 aromatic heterocycles.